The van der Waals surface area contributed by atoms with Crippen molar-refractivity contribution < 1.29 is 14.7 Å². The molecule has 5 heteroatoms. The first-order valence-corrected chi connectivity index (χ1v) is 5.03. The molecular weight excluding hydrogens is 208 g/mol. The van der Waals surface area contributed by atoms with E-state index in [1.807, 2.05) is 18.2 Å². The van der Waals surface area contributed by atoms with Crippen molar-refractivity contribution in [3.05, 3.63) is 30.3 Å². The molecule has 1 amide bonds. The van der Waals surface area contributed by atoms with Crippen LogP contribution in [0.25, 0.3) is 0 Å². The van der Waals surface area contributed by atoms with Crippen LogP contribution in [0, 0.1) is 5.92 Å². The number of benzene rings is 1. The first-order chi connectivity index (χ1) is 7.68. The van der Waals surface area contributed by atoms with Gasteiger partial charge in [-0.05, 0) is 12.1 Å². The number of rotatable bonds is 2. The number of carboxylic acids is 1. The molecule has 1 aromatic carbocycles. The lowest BCUT2D eigenvalue weighted by atomic mass is 10.0. The van der Waals surface area contributed by atoms with Gasteiger partial charge in [-0.1, -0.05) is 18.2 Å². The summed E-state index contributed by atoms with van der Waals surface area (Å²) in [5.74, 6) is -1.79. The highest BCUT2D eigenvalue weighted by Gasteiger charge is 2.30. The Bertz CT molecular complexity index is 405. The summed E-state index contributed by atoms with van der Waals surface area (Å²) in [5, 5.41) is 10.2. The van der Waals surface area contributed by atoms with Crippen LogP contribution in [0.3, 0.4) is 0 Å². The van der Waals surface area contributed by atoms with Gasteiger partial charge in [-0.3, -0.25) is 9.59 Å². The van der Waals surface area contributed by atoms with Crippen LogP contribution in [0.15, 0.2) is 30.3 Å². The zero-order valence-electron chi connectivity index (χ0n) is 8.59. The van der Waals surface area contributed by atoms with Gasteiger partial charge in [-0.25, -0.2) is 10.4 Å². The Labute approximate surface area is 92.6 Å². The largest absolute Gasteiger partial charge is 0.481 e. The molecule has 5 nitrogen and oxygen atoms in total. The third-order valence-corrected chi connectivity index (χ3v) is 2.53. The van der Waals surface area contributed by atoms with Gasteiger partial charge in [0.1, 0.15) is 0 Å². The van der Waals surface area contributed by atoms with Crippen LogP contribution in [0.5, 0.6) is 0 Å². The monoisotopic (exact) mass is 220 g/mol. The van der Waals surface area contributed by atoms with Crippen LogP contribution in [-0.2, 0) is 9.59 Å². The van der Waals surface area contributed by atoms with Gasteiger partial charge in [-0.15, -0.1) is 0 Å². The van der Waals surface area contributed by atoms with Gasteiger partial charge < -0.3 is 5.11 Å². The summed E-state index contributed by atoms with van der Waals surface area (Å²) in [6.45, 7) is 0.274. The van der Waals surface area contributed by atoms with Crippen LogP contribution in [0.4, 0.5) is 5.69 Å². The Morgan fingerprint density at radius 1 is 1.38 bits per heavy atom. The Hall–Kier alpha value is -1.88. The Kier molecular flexibility index (Phi) is 2.87. The first kappa shape index (κ1) is 10.6. The standard InChI is InChI=1S/C11H12N2O3/c14-10-6-8(11(15)16)7-12-13(10)9-4-2-1-3-5-9/h1-5,8,12H,6-7H2,(H,15,16). The van der Waals surface area contributed by atoms with Gasteiger partial charge in [0.2, 0.25) is 5.91 Å². The maximum atomic E-state index is 11.7. The number of carbonyl (C=O) groups excluding carboxylic acids is 1. The molecule has 1 unspecified atom stereocenters. The van der Waals surface area contributed by atoms with Crippen LogP contribution in [0.2, 0.25) is 0 Å². The zero-order chi connectivity index (χ0) is 11.5. The number of anilines is 1. The minimum atomic E-state index is -0.937. The summed E-state index contributed by atoms with van der Waals surface area (Å²) in [5.41, 5.74) is 3.55. The molecule has 1 aromatic rings. The van der Waals surface area contributed by atoms with Gasteiger partial charge in [0.25, 0.3) is 0 Å². The van der Waals surface area contributed by atoms with E-state index in [4.69, 9.17) is 5.11 Å². The van der Waals surface area contributed by atoms with Crippen molar-refractivity contribution in [2.45, 2.75) is 6.42 Å². The fourth-order valence-corrected chi connectivity index (χ4v) is 1.65. The van der Waals surface area contributed by atoms with Crippen LogP contribution in [0.1, 0.15) is 6.42 Å². The highest BCUT2D eigenvalue weighted by Crippen LogP contribution is 2.18. The normalized spacial score (nSPS) is 20.9. The maximum absolute atomic E-state index is 11.7. The van der Waals surface area contributed by atoms with Crippen LogP contribution >= 0.6 is 0 Å². The lowest BCUT2D eigenvalue weighted by molar-refractivity contribution is -0.144. The molecular formula is C11H12N2O3. The number of nitrogens with zero attached hydrogens (tertiary/aromatic N) is 1. The lowest BCUT2D eigenvalue weighted by Gasteiger charge is -2.30. The number of hydrazine groups is 1. The third-order valence-electron chi connectivity index (χ3n) is 2.53. The van der Waals surface area contributed by atoms with E-state index in [0.29, 0.717) is 0 Å². The number of carboxylic acid groups (broad SMARTS) is 1. The number of hydrogen-bond donors (Lipinski definition) is 2. The van der Waals surface area contributed by atoms with E-state index in [-0.39, 0.29) is 18.9 Å². The average Bonchev–Trinajstić information content (AvgIpc) is 2.30. The molecule has 1 heterocycles. The van der Waals surface area contributed by atoms with E-state index in [1.165, 1.54) is 5.01 Å². The van der Waals surface area contributed by atoms with Gasteiger partial charge in [0.15, 0.2) is 0 Å². The van der Waals surface area contributed by atoms with Crippen molar-refractivity contribution in [3.63, 3.8) is 0 Å². The number of amides is 1. The van der Waals surface area contributed by atoms with E-state index in [0.717, 1.165) is 5.69 Å². The molecule has 1 fully saturated rings. The Morgan fingerprint density at radius 3 is 2.62 bits per heavy atom. The van der Waals surface area contributed by atoms with Crippen molar-refractivity contribution in [1.29, 1.82) is 0 Å². The van der Waals surface area contributed by atoms with E-state index < -0.39 is 11.9 Å². The number of nitrogens with one attached hydrogen (secondary N) is 1. The van der Waals surface area contributed by atoms with E-state index in [9.17, 15) is 9.59 Å². The van der Waals surface area contributed by atoms with Gasteiger partial charge in [0, 0.05) is 13.0 Å². The second-order valence-electron chi connectivity index (χ2n) is 3.67. The molecule has 2 N–H and O–H groups in total. The maximum Gasteiger partial charge on any atom is 0.308 e. The molecule has 1 aliphatic heterocycles. The molecule has 0 aliphatic carbocycles. The lowest BCUT2D eigenvalue weighted by Crippen LogP contribution is -2.52. The fourth-order valence-electron chi connectivity index (χ4n) is 1.65. The Morgan fingerprint density at radius 2 is 2.06 bits per heavy atom. The van der Waals surface area contributed by atoms with E-state index in [2.05, 4.69) is 5.43 Å². The third kappa shape index (κ3) is 2.04. The molecule has 0 radical (unpaired) electrons. The highest BCUT2D eigenvalue weighted by molar-refractivity contribution is 5.95. The summed E-state index contributed by atoms with van der Waals surface area (Å²) in [6.07, 6.45) is 0.0389. The molecule has 0 spiro atoms. The van der Waals surface area contributed by atoms with Crippen LogP contribution in [-0.4, -0.2) is 23.5 Å². The summed E-state index contributed by atoms with van der Waals surface area (Å²) >= 11 is 0. The number of hydrogen-bond acceptors (Lipinski definition) is 3. The number of aliphatic carboxylic acids is 1. The number of para-hydroxylation sites is 1. The SMILES string of the molecule is O=C(O)C1CNN(c2ccccc2)C(=O)C1. The first-order valence-electron chi connectivity index (χ1n) is 5.03. The average molecular weight is 220 g/mol. The molecule has 0 aromatic heterocycles. The van der Waals surface area contributed by atoms with Crippen molar-refractivity contribution in [2.75, 3.05) is 11.6 Å². The molecule has 16 heavy (non-hydrogen) atoms. The van der Waals surface area contributed by atoms with Crippen LogP contribution < -0.4 is 10.4 Å². The second-order valence-corrected chi connectivity index (χ2v) is 3.67. The van der Waals surface area contributed by atoms with E-state index in [1.54, 1.807) is 12.1 Å². The number of carbonyl (C=O) groups is 2. The minimum Gasteiger partial charge on any atom is -0.481 e. The summed E-state index contributed by atoms with van der Waals surface area (Å²) < 4.78 is 0. The molecule has 2 rings (SSSR count). The molecule has 1 saturated heterocycles. The molecule has 1 aliphatic rings. The summed E-state index contributed by atoms with van der Waals surface area (Å²) in [4.78, 5) is 22.4. The molecule has 84 valence electrons. The van der Waals surface area contributed by atoms with Crippen molar-refractivity contribution in [1.82, 2.24) is 5.43 Å². The summed E-state index contributed by atoms with van der Waals surface area (Å²) in [6, 6.07) is 9.11. The smallest absolute Gasteiger partial charge is 0.308 e. The van der Waals surface area contributed by atoms with Crippen molar-refractivity contribution in [3.8, 4) is 0 Å². The predicted molar refractivity (Wildman–Crippen MR) is 57.7 cm³/mol. The zero-order valence-corrected chi connectivity index (χ0v) is 8.59. The Balaban J connectivity index is 2.11. The van der Waals surface area contributed by atoms with Crippen molar-refractivity contribution in [2.24, 2.45) is 5.92 Å². The van der Waals surface area contributed by atoms with E-state index >= 15 is 0 Å². The minimum absolute atomic E-state index is 0.0389. The fraction of sp³-hybridized carbons (Fsp3) is 0.273. The second kappa shape index (κ2) is 4.32. The molecule has 1 atom stereocenters. The highest BCUT2D eigenvalue weighted by atomic mass is 16.4. The molecule has 0 bridgehead atoms. The predicted octanol–water partition coefficient (Wildman–Crippen LogP) is 0.629. The quantitative estimate of drug-likeness (QED) is 0.767. The van der Waals surface area contributed by atoms with Gasteiger partial charge in [0.05, 0.1) is 11.6 Å². The summed E-state index contributed by atoms with van der Waals surface area (Å²) in [7, 11) is 0. The van der Waals surface area contributed by atoms with Gasteiger partial charge in [-0.2, -0.15) is 0 Å². The van der Waals surface area contributed by atoms with Gasteiger partial charge >= 0.3 is 5.97 Å². The molecule has 0 saturated carbocycles. The van der Waals surface area contributed by atoms with Crippen molar-refractivity contribution >= 4 is 17.6 Å². The topological polar surface area (TPSA) is 69.6 Å².